The third-order valence-corrected chi connectivity index (χ3v) is 15.0. The summed E-state index contributed by atoms with van der Waals surface area (Å²) in [5.74, 6) is -0.882. The van der Waals surface area contributed by atoms with Crippen molar-refractivity contribution in [2.24, 2.45) is 5.73 Å². The van der Waals surface area contributed by atoms with Gasteiger partial charge >= 0.3 is 19.8 Å². The van der Waals surface area contributed by atoms with Crippen molar-refractivity contribution in [2.45, 2.75) is 251 Å². The lowest BCUT2D eigenvalue weighted by Crippen LogP contribution is -2.29. The molecule has 0 bridgehead atoms. The van der Waals surface area contributed by atoms with E-state index in [0.29, 0.717) is 12.8 Å². The Bertz CT molecular complexity index is 2380. The van der Waals surface area contributed by atoms with Crippen LogP contribution in [0, 0.1) is 0 Å². The summed E-state index contributed by atoms with van der Waals surface area (Å²) in [5, 5.41) is 0. The minimum absolute atomic E-state index is 0.0354. The van der Waals surface area contributed by atoms with E-state index in [1.807, 2.05) is 0 Å². The van der Waals surface area contributed by atoms with Gasteiger partial charge in [0, 0.05) is 19.4 Å². The van der Waals surface area contributed by atoms with E-state index in [-0.39, 0.29) is 32.6 Å². The normalized spacial score (nSPS) is 14.3. The zero-order valence-electron chi connectivity index (χ0n) is 58.1. The Labute approximate surface area is 568 Å². The van der Waals surface area contributed by atoms with Crippen LogP contribution in [0.1, 0.15) is 245 Å². The number of ether oxygens (including phenoxy) is 2. The van der Waals surface area contributed by atoms with Crippen LogP contribution < -0.4 is 5.73 Å². The van der Waals surface area contributed by atoms with E-state index in [1.165, 1.54) is 32.1 Å². The van der Waals surface area contributed by atoms with Gasteiger partial charge in [-0.1, -0.05) is 303 Å². The highest BCUT2D eigenvalue weighted by Gasteiger charge is 2.26. The molecule has 0 saturated carbocycles. The van der Waals surface area contributed by atoms with Gasteiger partial charge in [0.15, 0.2) is 6.10 Å². The van der Waals surface area contributed by atoms with Crippen LogP contribution in [-0.4, -0.2) is 49.3 Å². The molecule has 0 aliphatic carbocycles. The van der Waals surface area contributed by atoms with E-state index < -0.39 is 32.5 Å². The van der Waals surface area contributed by atoms with E-state index in [2.05, 4.69) is 245 Å². The van der Waals surface area contributed by atoms with Crippen molar-refractivity contribution >= 4 is 19.8 Å². The summed E-state index contributed by atoms with van der Waals surface area (Å²) < 4.78 is 33.1. The third-order valence-electron chi connectivity index (χ3n) is 14.0. The molecule has 0 aliphatic heterocycles. The lowest BCUT2D eigenvalue weighted by atomic mass is 10.1. The number of carbonyl (C=O) groups excluding carboxylic acids is 2. The van der Waals surface area contributed by atoms with E-state index >= 15 is 0 Å². The second kappa shape index (κ2) is 75.1. The van der Waals surface area contributed by atoms with Crippen molar-refractivity contribution in [1.82, 2.24) is 0 Å². The number of hydrogen-bond acceptors (Lipinski definition) is 8. The predicted molar refractivity (Wildman–Crippen MR) is 403 cm³/mol. The molecule has 0 rings (SSSR count). The first-order valence-corrected chi connectivity index (χ1v) is 37.4. The SMILES string of the molecule is CC/C=C\C/C=C\C/C=C\C/C=C\C/C=C\C/C=C\C/C=C\C/C=C\C/C=C\C/C=C\C/C=C\C/C=C\CCCCCCC(=O)OC(COC(=O)CCCCCCCCCCC/C=C\C/C=C\C/C=C\C/C=C\C/C=C\C/C=C\C/C=C\CC)COP(=O)(O)OCCN. The Balaban J connectivity index is 4.06. The Hall–Kier alpha value is -5.93. The molecule has 0 spiro atoms. The lowest BCUT2D eigenvalue weighted by Gasteiger charge is -2.19. The first-order valence-electron chi connectivity index (χ1n) is 35.9. The number of nitrogens with two attached hydrogens (primary N) is 1. The highest BCUT2D eigenvalue weighted by atomic mass is 31.2. The third kappa shape index (κ3) is 75.0. The van der Waals surface area contributed by atoms with Gasteiger partial charge in [0.1, 0.15) is 6.61 Å². The number of phosphoric ester groups is 1. The number of hydrogen-bond donors (Lipinski definition) is 2. The average molecular weight is 1300 g/mol. The number of phosphoric acid groups is 1. The molecule has 0 aromatic carbocycles. The maximum Gasteiger partial charge on any atom is 0.472 e. The average Bonchev–Trinajstić information content (AvgIpc) is 3.49. The molecule has 10 heteroatoms. The van der Waals surface area contributed by atoms with Crippen LogP contribution in [0.4, 0.5) is 0 Å². The molecule has 0 radical (unpaired) electrons. The monoisotopic (exact) mass is 1300 g/mol. The van der Waals surface area contributed by atoms with Crippen LogP contribution in [0.5, 0.6) is 0 Å². The fraction of sp³-hybridized carbons (Fsp3) is 0.518. The molecule has 518 valence electrons. The number of allylic oxidation sites excluding steroid dienone is 38. The second-order valence-corrected chi connectivity index (χ2v) is 24.1. The fourth-order valence-corrected chi connectivity index (χ4v) is 9.60. The van der Waals surface area contributed by atoms with E-state index in [0.717, 1.165) is 173 Å². The first-order chi connectivity index (χ1) is 45.8. The van der Waals surface area contributed by atoms with E-state index in [9.17, 15) is 19.0 Å². The summed E-state index contributed by atoms with van der Waals surface area (Å²) in [6.07, 6.45) is 118. The number of unbranched alkanes of at least 4 members (excludes halogenated alkanes) is 13. The smallest absolute Gasteiger partial charge is 0.462 e. The predicted octanol–water partition coefficient (Wildman–Crippen LogP) is 24.2. The number of esters is 2. The van der Waals surface area contributed by atoms with Gasteiger partial charge in [0.05, 0.1) is 13.2 Å². The molecule has 0 aliphatic rings. The summed E-state index contributed by atoms with van der Waals surface area (Å²) in [6.45, 7) is 3.45. The molecule has 0 heterocycles. The minimum atomic E-state index is -4.42. The molecular weight excluding hydrogens is 1170 g/mol. The van der Waals surface area contributed by atoms with Crippen molar-refractivity contribution in [3.63, 3.8) is 0 Å². The van der Waals surface area contributed by atoms with Crippen LogP contribution in [0.25, 0.3) is 0 Å². The van der Waals surface area contributed by atoms with Gasteiger partial charge in [0.2, 0.25) is 0 Å². The summed E-state index contributed by atoms with van der Waals surface area (Å²) >= 11 is 0. The Morgan fingerprint density at radius 2 is 0.559 bits per heavy atom. The Kier molecular flexibility index (Phi) is 70.3. The molecule has 3 N–H and O–H groups in total. The molecule has 0 aromatic rings. The Morgan fingerprint density at radius 1 is 0.323 bits per heavy atom. The van der Waals surface area contributed by atoms with Crippen molar-refractivity contribution in [1.29, 1.82) is 0 Å². The Morgan fingerprint density at radius 3 is 0.828 bits per heavy atom. The minimum Gasteiger partial charge on any atom is -0.462 e. The largest absolute Gasteiger partial charge is 0.472 e. The van der Waals surface area contributed by atoms with E-state index in [4.69, 9.17) is 24.3 Å². The molecule has 0 aromatic heterocycles. The standard InChI is InChI=1S/C83H128NO8P/c1-3-5-7-9-11-13-15-17-19-21-23-25-27-29-31-33-35-36-37-38-39-40-41-42-43-44-46-48-50-52-54-56-58-60-62-64-66-68-70-72-74-76-83(86)92-81(80-91-93(87,88)90-78-77-84)79-89-82(85)75-73-71-69-67-65-63-61-59-57-55-53-51-49-47-45-34-32-30-28-26-24-22-20-18-16-14-12-10-8-6-4-2/h5-8,11-14,17-20,23-26,29-32,35-36,38-39,41-42,44-47,50-53,56,58,62,64,81H,3-4,9-10,15-16,21-22,27-28,33-34,37,40,43,48-49,54-55,57,59-61,63,65-80,84H2,1-2H3,(H,87,88)/b7-5-,8-6-,13-11-,14-12-,19-17-,20-18-,25-23-,26-24-,31-29-,32-30-,36-35-,39-38-,42-41-,46-44-,47-45-,52-50-,53-51-,58-56-,64-62-. The highest BCUT2D eigenvalue weighted by molar-refractivity contribution is 7.47. The van der Waals surface area contributed by atoms with Gasteiger partial charge in [-0.15, -0.1) is 0 Å². The summed E-state index contributed by atoms with van der Waals surface area (Å²) in [4.78, 5) is 35.4. The molecule has 0 fully saturated rings. The van der Waals surface area contributed by atoms with Crippen molar-refractivity contribution < 1.29 is 37.6 Å². The second-order valence-electron chi connectivity index (χ2n) is 22.6. The molecule has 0 saturated heterocycles. The summed E-state index contributed by atoms with van der Waals surface area (Å²) in [7, 11) is -4.42. The van der Waals surface area contributed by atoms with Gasteiger partial charge in [-0.3, -0.25) is 18.6 Å². The number of carbonyl (C=O) groups is 2. The van der Waals surface area contributed by atoms with Gasteiger partial charge in [-0.05, 0) is 161 Å². The molecule has 2 atom stereocenters. The van der Waals surface area contributed by atoms with Gasteiger partial charge in [-0.25, -0.2) is 4.57 Å². The van der Waals surface area contributed by atoms with Gasteiger partial charge in [0.25, 0.3) is 0 Å². The summed E-state index contributed by atoms with van der Waals surface area (Å²) in [6, 6.07) is 0. The van der Waals surface area contributed by atoms with Gasteiger partial charge < -0.3 is 20.1 Å². The maximum atomic E-state index is 12.8. The molecule has 2 unspecified atom stereocenters. The van der Waals surface area contributed by atoms with Crippen LogP contribution in [0.15, 0.2) is 231 Å². The van der Waals surface area contributed by atoms with Crippen molar-refractivity contribution in [3.05, 3.63) is 231 Å². The number of rotatable bonds is 64. The van der Waals surface area contributed by atoms with Crippen molar-refractivity contribution in [3.8, 4) is 0 Å². The van der Waals surface area contributed by atoms with Crippen LogP contribution in [-0.2, 0) is 32.7 Å². The van der Waals surface area contributed by atoms with Gasteiger partial charge in [-0.2, -0.15) is 0 Å². The fourth-order valence-electron chi connectivity index (χ4n) is 8.83. The zero-order chi connectivity index (χ0) is 67.2. The summed E-state index contributed by atoms with van der Waals surface area (Å²) in [5.41, 5.74) is 5.40. The lowest BCUT2D eigenvalue weighted by molar-refractivity contribution is -0.161. The zero-order valence-corrected chi connectivity index (χ0v) is 59.0. The topological polar surface area (TPSA) is 134 Å². The molecule has 9 nitrogen and oxygen atoms in total. The molecular formula is C83H128NO8P. The van der Waals surface area contributed by atoms with Crippen LogP contribution in [0.3, 0.4) is 0 Å². The van der Waals surface area contributed by atoms with Crippen LogP contribution in [0.2, 0.25) is 0 Å². The quantitative estimate of drug-likeness (QED) is 0.0264. The first kappa shape index (κ1) is 87.1. The molecule has 0 amide bonds. The highest BCUT2D eigenvalue weighted by Crippen LogP contribution is 2.43. The van der Waals surface area contributed by atoms with Crippen molar-refractivity contribution in [2.75, 3.05) is 26.4 Å². The van der Waals surface area contributed by atoms with Crippen LogP contribution >= 0.6 is 7.82 Å². The molecule has 93 heavy (non-hydrogen) atoms. The maximum absolute atomic E-state index is 12.8. The van der Waals surface area contributed by atoms with E-state index in [1.54, 1.807) is 0 Å².